The minimum atomic E-state index is -0.305. The molecule has 0 atom stereocenters. The fraction of sp³-hybridized carbons (Fsp3) is 0.533. The van der Waals surface area contributed by atoms with Gasteiger partial charge >= 0.3 is 0 Å². The topological polar surface area (TPSA) is 23.6 Å². The van der Waals surface area contributed by atoms with Crippen LogP contribution in [0.4, 0.5) is 10.1 Å². The van der Waals surface area contributed by atoms with Gasteiger partial charge in [-0.1, -0.05) is 26.0 Å². The Hall–Kier alpha value is -1.42. The molecule has 0 bridgehead atoms. The Morgan fingerprint density at radius 1 is 1.21 bits per heavy atom. The number of hydrogen-bond acceptors (Lipinski definition) is 3. The first-order valence-electron chi connectivity index (χ1n) is 6.70. The maximum absolute atomic E-state index is 13.7. The van der Waals surface area contributed by atoms with Gasteiger partial charge in [0.2, 0.25) is 0 Å². The molecule has 1 aromatic rings. The van der Waals surface area contributed by atoms with E-state index in [-0.39, 0.29) is 11.2 Å². The summed E-state index contributed by atoms with van der Waals surface area (Å²) < 4.78 is 13.7. The second-order valence-corrected chi connectivity index (χ2v) is 5.82. The van der Waals surface area contributed by atoms with Crippen molar-refractivity contribution in [3.05, 3.63) is 30.1 Å². The molecule has 3 nitrogen and oxygen atoms in total. The summed E-state index contributed by atoms with van der Waals surface area (Å²) in [6.45, 7) is 8.00. The monoisotopic (exact) mass is 264 g/mol. The molecule has 0 saturated carbocycles. The van der Waals surface area contributed by atoms with Crippen LogP contribution in [-0.2, 0) is 4.79 Å². The molecule has 104 valence electrons. The van der Waals surface area contributed by atoms with Gasteiger partial charge in [-0.15, -0.1) is 0 Å². The normalized spacial score (nSPS) is 17.5. The van der Waals surface area contributed by atoms with Crippen molar-refractivity contribution >= 4 is 12.0 Å². The Balaban J connectivity index is 1.93. The number of benzene rings is 1. The second kappa shape index (κ2) is 5.70. The smallest absolute Gasteiger partial charge is 0.146 e. The van der Waals surface area contributed by atoms with E-state index in [1.54, 1.807) is 6.07 Å². The largest absolute Gasteiger partial charge is 0.367 e. The van der Waals surface area contributed by atoms with Crippen LogP contribution in [0.15, 0.2) is 24.3 Å². The number of nitrogens with zero attached hydrogens (tertiary/aromatic N) is 2. The van der Waals surface area contributed by atoms with E-state index in [1.807, 2.05) is 26.0 Å². The number of carbonyl (C=O) groups is 1. The number of para-hydroxylation sites is 1. The van der Waals surface area contributed by atoms with Crippen molar-refractivity contribution in [2.45, 2.75) is 13.8 Å². The van der Waals surface area contributed by atoms with Crippen LogP contribution in [0.25, 0.3) is 0 Å². The number of aldehydes is 1. The SMILES string of the molecule is CC(C)(C=O)CN1CCN(c2ccccc2F)CC1. The average molecular weight is 264 g/mol. The van der Waals surface area contributed by atoms with Crippen LogP contribution in [0.1, 0.15) is 13.8 Å². The van der Waals surface area contributed by atoms with Gasteiger partial charge in [-0.3, -0.25) is 4.90 Å². The molecule has 2 rings (SSSR count). The number of halogens is 1. The number of piperazine rings is 1. The number of hydrogen-bond donors (Lipinski definition) is 0. The molecule has 0 unspecified atom stereocenters. The molecule has 0 amide bonds. The van der Waals surface area contributed by atoms with E-state index >= 15 is 0 Å². The molecule has 0 N–H and O–H groups in total. The van der Waals surface area contributed by atoms with E-state index in [1.165, 1.54) is 6.07 Å². The molecule has 1 aromatic carbocycles. The highest BCUT2D eigenvalue weighted by Gasteiger charge is 2.25. The second-order valence-electron chi connectivity index (χ2n) is 5.82. The summed E-state index contributed by atoms with van der Waals surface area (Å²) in [6.07, 6.45) is 1.01. The van der Waals surface area contributed by atoms with Crippen LogP contribution < -0.4 is 4.90 Å². The number of anilines is 1. The highest BCUT2D eigenvalue weighted by Crippen LogP contribution is 2.21. The van der Waals surface area contributed by atoms with Gasteiger partial charge in [-0.05, 0) is 12.1 Å². The quantitative estimate of drug-likeness (QED) is 0.779. The van der Waals surface area contributed by atoms with E-state index < -0.39 is 0 Å². The van der Waals surface area contributed by atoms with E-state index in [0.717, 1.165) is 39.0 Å². The van der Waals surface area contributed by atoms with E-state index in [2.05, 4.69) is 9.80 Å². The molecule has 4 heteroatoms. The zero-order chi connectivity index (χ0) is 13.9. The summed E-state index contributed by atoms with van der Waals surface area (Å²) in [6, 6.07) is 6.89. The Morgan fingerprint density at radius 3 is 2.42 bits per heavy atom. The first-order chi connectivity index (χ1) is 9.02. The summed E-state index contributed by atoms with van der Waals surface area (Å²) in [5.41, 5.74) is 0.372. The third-order valence-electron chi connectivity index (χ3n) is 3.52. The van der Waals surface area contributed by atoms with Gasteiger partial charge in [-0.25, -0.2) is 4.39 Å². The Labute approximate surface area is 114 Å². The molecule has 0 aliphatic carbocycles. The highest BCUT2D eigenvalue weighted by atomic mass is 19.1. The molecule has 19 heavy (non-hydrogen) atoms. The van der Waals surface area contributed by atoms with E-state index in [4.69, 9.17) is 0 Å². The molecule has 0 spiro atoms. The predicted molar refractivity (Wildman–Crippen MR) is 74.9 cm³/mol. The van der Waals surface area contributed by atoms with Crippen LogP contribution >= 0.6 is 0 Å². The molecule has 1 saturated heterocycles. The number of carbonyl (C=O) groups excluding carboxylic acids is 1. The summed E-state index contributed by atoms with van der Waals surface area (Å²) in [7, 11) is 0. The van der Waals surface area contributed by atoms with Crippen LogP contribution in [0.3, 0.4) is 0 Å². The van der Waals surface area contributed by atoms with E-state index in [0.29, 0.717) is 5.69 Å². The van der Waals surface area contributed by atoms with Crippen LogP contribution in [0.2, 0.25) is 0 Å². The molecule has 1 fully saturated rings. The molecule has 1 aliphatic rings. The van der Waals surface area contributed by atoms with Crippen LogP contribution in [0.5, 0.6) is 0 Å². The van der Waals surface area contributed by atoms with Crippen molar-refractivity contribution in [3.63, 3.8) is 0 Å². The summed E-state index contributed by atoms with van der Waals surface area (Å²) in [5, 5.41) is 0. The van der Waals surface area contributed by atoms with Gasteiger partial charge in [0.1, 0.15) is 12.1 Å². The fourth-order valence-corrected chi connectivity index (χ4v) is 2.47. The Kier molecular flexibility index (Phi) is 4.20. The van der Waals surface area contributed by atoms with E-state index in [9.17, 15) is 9.18 Å². The minimum Gasteiger partial charge on any atom is -0.367 e. The molecular formula is C15H21FN2O. The average Bonchev–Trinajstić information content (AvgIpc) is 2.40. The van der Waals surface area contributed by atoms with Gasteiger partial charge in [0.15, 0.2) is 0 Å². The van der Waals surface area contributed by atoms with Crippen molar-refractivity contribution < 1.29 is 9.18 Å². The lowest BCUT2D eigenvalue weighted by Crippen LogP contribution is -2.49. The third kappa shape index (κ3) is 3.53. The Bertz CT molecular complexity index is 440. The first kappa shape index (κ1) is 14.0. The van der Waals surface area contributed by atoms with Crippen LogP contribution in [0, 0.1) is 11.2 Å². The van der Waals surface area contributed by atoms with Gasteiger partial charge in [-0.2, -0.15) is 0 Å². The standard InChI is InChI=1S/C15H21FN2O/c1-15(2,12-19)11-17-7-9-18(10-8-17)14-6-4-3-5-13(14)16/h3-6,12H,7-11H2,1-2H3. The van der Waals surface area contributed by atoms with Crippen molar-refractivity contribution in [2.75, 3.05) is 37.6 Å². The fourth-order valence-electron chi connectivity index (χ4n) is 2.47. The maximum atomic E-state index is 13.7. The highest BCUT2D eigenvalue weighted by molar-refractivity contribution is 5.58. The van der Waals surface area contributed by atoms with Gasteiger partial charge in [0, 0.05) is 38.1 Å². The van der Waals surface area contributed by atoms with Gasteiger partial charge < -0.3 is 9.69 Å². The van der Waals surface area contributed by atoms with Crippen molar-refractivity contribution in [1.29, 1.82) is 0 Å². The third-order valence-corrected chi connectivity index (χ3v) is 3.52. The lowest BCUT2D eigenvalue weighted by molar-refractivity contribution is -0.115. The zero-order valence-electron chi connectivity index (χ0n) is 11.6. The lowest BCUT2D eigenvalue weighted by atomic mass is 9.95. The molecule has 1 aliphatic heterocycles. The summed E-state index contributed by atoms with van der Waals surface area (Å²) in [4.78, 5) is 15.3. The molecular weight excluding hydrogens is 243 g/mol. The summed E-state index contributed by atoms with van der Waals surface area (Å²) >= 11 is 0. The maximum Gasteiger partial charge on any atom is 0.146 e. The molecule has 1 heterocycles. The van der Waals surface area contributed by atoms with Crippen molar-refractivity contribution in [1.82, 2.24) is 4.90 Å². The predicted octanol–water partition coefficient (Wildman–Crippen LogP) is 2.17. The lowest BCUT2D eigenvalue weighted by Gasteiger charge is -2.38. The molecule has 0 aromatic heterocycles. The first-order valence-corrected chi connectivity index (χ1v) is 6.70. The zero-order valence-corrected chi connectivity index (χ0v) is 11.6. The van der Waals surface area contributed by atoms with Crippen molar-refractivity contribution in [2.24, 2.45) is 5.41 Å². The minimum absolute atomic E-state index is 0.163. The van der Waals surface area contributed by atoms with Gasteiger partial charge in [0.25, 0.3) is 0 Å². The van der Waals surface area contributed by atoms with Crippen LogP contribution in [-0.4, -0.2) is 43.9 Å². The summed E-state index contributed by atoms with van der Waals surface area (Å²) in [5.74, 6) is -0.163. The molecule has 0 radical (unpaired) electrons. The van der Waals surface area contributed by atoms with Crippen molar-refractivity contribution in [3.8, 4) is 0 Å². The van der Waals surface area contributed by atoms with Gasteiger partial charge in [0.05, 0.1) is 5.69 Å². The number of rotatable bonds is 4. The Morgan fingerprint density at radius 2 is 1.84 bits per heavy atom.